The fraction of sp³-hybridized carbons (Fsp3) is 0.105. The van der Waals surface area contributed by atoms with Crippen LogP contribution in [-0.4, -0.2) is 6.29 Å². The minimum atomic E-state index is 0.363. The fourth-order valence-electron chi connectivity index (χ4n) is 2.35. The topological polar surface area (TPSA) is 44.8 Å². The number of hydrogen-bond acceptors (Lipinski definition) is 4. The van der Waals surface area contributed by atoms with Crippen molar-refractivity contribution in [1.29, 1.82) is 0 Å². The number of hydrogen-bond donors (Lipinski definition) is 0. The molecule has 0 saturated heterocycles. The maximum absolute atomic E-state index is 11.4. The van der Waals surface area contributed by atoms with Gasteiger partial charge in [-0.05, 0) is 30.2 Å². The lowest BCUT2D eigenvalue weighted by Gasteiger charge is -2.17. The Morgan fingerprint density at radius 2 is 1.96 bits per heavy atom. The van der Waals surface area contributed by atoms with Crippen LogP contribution in [0, 0.1) is 6.92 Å². The van der Waals surface area contributed by atoms with Crippen LogP contribution in [0.3, 0.4) is 0 Å². The van der Waals surface area contributed by atoms with Gasteiger partial charge in [-0.3, -0.25) is 4.79 Å². The predicted octanol–water partition coefficient (Wildman–Crippen LogP) is 4.20. The van der Waals surface area contributed by atoms with Gasteiger partial charge < -0.3 is 14.2 Å². The normalized spacial score (nSPS) is 12.8. The van der Waals surface area contributed by atoms with E-state index in [9.17, 15) is 4.79 Å². The Morgan fingerprint density at radius 1 is 1.13 bits per heavy atom. The van der Waals surface area contributed by atoms with Gasteiger partial charge in [0, 0.05) is 0 Å². The molecule has 2 aromatic rings. The second-order valence-electron chi connectivity index (χ2n) is 5.13. The summed E-state index contributed by atoms with van der Waals surface area (Å²) < 4.78 is 16.5. The highest BCUT2D eigenvalue weighted by Gasteiger charge is 2.17. The third-order valence-electron chi connectivity index (χ3n) is 3.38. The fourth-order valence-corrected chi connectivity index (χ4v) is 2.35. The quantitative estimate of drug-likeness (QED) is 0.776. The van der Waals surface area contributed by atoms with Crippen LogP contribution in [-0.2, 0) is 16.1 Å². The lowest BCUT2D eigenvalue weighted by Crippen LogP contribution is -2.04. The second-order valence-corrected chi connectivity index (χ2v) is 5.13. The Balaban J connectivity index is 1.96. The molecular weight excluding hydrogens is 292 g/mol. The first-order valence-corrected chi connectivity index (χ1v) is 7.22. The van der Waals surface area contributed by atoms with Gasteiger partial charge in [-0.2, -0.15) is 0 Å². The largest absolute Gasteiger partial charge is 0.487 e. The molecule has 0 N–H and O–H groups in total. The Labute approximate surface area is 134 Å². The van der Waals surface area contributed by atoms with Crippen LogP contribution in [0.5, 0.6) is 5.75 Å². The molecule has 0 amide bonds. The molecular formula is C19H16O4. The Hall–Kier alpha value is -3.01. The number of carbonyl (C=O) groups is 1. The molecule has 0 atom stereocenters. The van der Waals surface area contributed by atoms with E-state index in [1.54, 1.807) is 6.07 Å². The van der Waals surface area contributed by atoms with Crippen LogP contribution in [0.25, 0.3) is 5.76 Å². The molecule has 116 valence electrons. The first-order chi connectivity index (χ1) is 11.3. The molecule has 2 aromatic carbocycles. The summed E-state index contributed by atoms with van der Waals surface area (Å²) in [5.74, 6) is 0.988. The number of rotatable bonds is 5. The third-order valence-corrected chi connectivity index (χ3v) is 3.38. The average Bonchev–Trinajstić information content (AvgIpc) is 2.61. The summed E-state index contributed by atoms with van der Waals surface area (Å²) in [7, 11) is 0. The molecule has 0 radical (unpaired) electrons. The predicted molar refractivity (Wildman–Crippen MR) is 86.6 cm³/mol. The molecule has 4 heteroatoms. The van der Waals surface area contributed by atoms with Crippen molar-refractivity contribution >= 4 is 12.0 Å². The Kier molecular flexibility index (Phi) is 4.43. The molecule has 23 heavy (non-hydrogen) atoms. The zero-order valence-corrected chi connectivity index (χ0v) is 12.7. The zero-order valence-electron chi connectivity index (χ0n) is 12.7. The van der Waals surface area contributed by atoms with Crippen molar-refractivity contribution in [2.24, 2.45) is 0 Å². The van der Waals surface area contributed by atoms with Gasteiger partial charge in [0.2, 0.25) is 0 Å². The van der Waals surface area contributed by atoms with Crippen molar-refractivity contribution in [2.75, 3.05) is 0 Å². The minimum absolute atomic E-state index is 0.363. The molecule has 0 spiro atoms. The van der Waals surface area contributed by atoms with Crippen LogP contribution < -0.4 is 4.74 Å². The van der Waals surface area contributed by atoms with Gasteiger partial charge in [0.05, 0.1) is 11.1 Å². The van der Waals surface area contributed by atoms with E-state index in [0.29, 0.717) is 29.2 Å². The summed E-state index contributed by atoms with van der Waals surface area (Å²) in [5.41, 5.74) is 3.13. The number of ether oxygens (including phenoxy) is 3. The van der Waals surface area contributed by atoms with E-state index in [-0.39, 0.29) is 0 Å². The Bertz CT molecular complexity index is 760. The first-order valence-electron chi connectivity index (χ1n) is 7.22. The highest BCUT2D eigenvalue weighted by atomic mass is 16.5. The maximum Gasteiger partial charge on any atom is 0.172 e. The summed E-state index contributed by atoms with van der Waals surface area (Å²) in [4.78, 5) is 11.4. The van der Waals surface area contributed by atoms with E-state index in [2.05, 4.69) is 0 Å². The number of aldehydes is 1. The summed E-state index contributed by atoms with van der Waals surface area (Å²) in [6.45, 7) is 2.28. The standard InChI is InChI=1S/C19H16O4/c1-14-9-16(11-20)19(23-12-15-5-3-2-4-6-15)17(10-14)18-13-21-7-8-22-18/h2-11,13H,12H2,1H3. The minimum Gasteiger partial charge on any atom is -0.487 e. The van der Waals surface area contributed by atoms with Crippen molar-refractivity contribution < 1.29 is 19.0 Å². The SMILES string of the molecule is Cc1cc(C=O)c(OCc2ccccc2)c(C2=COC=CO2)c1. The molecule has 4 nitrogen and oxygen atoms in total. The van der Waals surface area contributed by atoms with E-state index in [1.807, 2.05) is 43.3 Å². The monoisotopic (exact) mass is 308 g/mol. The van der Waals surface area contributed by atoms with Gasteiger partial charge in [-0.25, -0.2) is 0 Å². The second kappa shape index (κ2) is 6.83. The number of benzene rings is 2. The molecule has 0 aromatic heterocycles. The van der Waals surface area contributed by atoms with Crippen LogP contribution >= 0.6 is 0 Å². The average molecular weight is 308 g/mol. The van der Waals surface area contributed by atoms with E-state index in [0.717, 1.165) is 17.4 Å². The molecule has 0 bridgehead atoms. The maximum atomic E-state index is 11.4. The van der Waals surface area contributed by atoms with Gasteiger partial charge in [0.15, 0.2) is 12.0 Å². The van der Waals surface area contributed by atoms with Gasteiger partial charge in [-0.1, -0.05) is 30.3 Å². The van der Waals surface area contributed by atoms with Crippen LogP contribution in [0.4, 0.5) is 0 Å². The molecule has 1 aliphatic heterocycles. The lowest BCUT2D eigenvalue weighted by molar-refractivity contribution is 0.111. The van der Waals surface area contributed by atoms with Crippen molar-refractivity contribution in [3.8, 4) is 5.75 Å². The number of aryl methyl sites for hydroxylation is 1. The van der Waals surface area contributed by atoms with Crippen LogP contribution in [0.15, 0.2) is 61.3 Å². The molecule has 0 fully saturated rings. The van der Waals surface area contributed by atoms with Gasteiger partial charge in [0.1, 0.15) is 31.1 Å². The van der Waals surface area contributed by atoms with Crippen molar-refractivity contribution in [1.82, 2.24) is 0 Å². The first kappa shape index (κ1) is 14.9. The highest BCUT2D eigenvalue weighted by Crippen LogP contribution is 2.33. The van der Waals surface area contributed by atoms with Gasteiger partial charge in [-0.15, -0.1) is 0 Å². The molecule has 0 saturated carbocycles. The van der Waals surface area contributed by atoms with E-state index in [1.165, 1.54) is 18.8 Å². The van der Waals surface area contributed by atoms with Gasteiger partial charge >= 0.3 is 0 Å². The molecule has 0 unspecified atom stereocenters. The Morgan fingerprint density at radius 3 is 2.65 bits per heavy atom. The molecule has 0 aliphatic carbocycles. The van der Waals surface area contributed by atoms with Crippen molar-refractivity contribution in [2.45, 2.75) is 13.5 Å². The smallest absolute Gasteiger partial charge is 0.172 e. The van der Waals surface area contributed by atoms with E-state index < -0.39 is 0 Å². The molecule has 1 heterocycles. The van der Waals surface area contributed by atoms with Crippen LogP contribution in [0.2, 0.25) is 0 Å². The van der Waals surface area contributed by atoms with E-state index in [4.69, 9.17) is 14.2 Å². The zero-order chi connectivity index (χ0) is 16.1. The summed E-state index contributed by atoms with van der Waals surface area (Å²) in [6.07, 6.45) is 5.15. The third kappa shape index (κ3) is 3.43. The summed E-state index contributed by atoms with van der Waals surface area (Å²) in [6, 6.07) is 13.5. The molecule has 1 aliphatic rings. The van der Waals surface area contributed by atoms with Crippen molar-refractivity contribution in [3.05, 3.63) is 83.5 Å². The van der Waals surface area contributed by atoms with Crippen molar-refractivity contribution in [3.63, 3.8) is 0 Å². The lowest BCUT2D eigenvalue weighted by atomic mass is 10.0. The van der Waals surface area contributed by atoms with Crippen LogP contribution in [0.1, 0.15) is 27.0 Å². The van der Waals surface area contributed by atoms with Gasteiger partial charge in [0.25, 0.3) is 0 Å². The highest BCUT2D eigenvalue weighted by molar-refractivity contribution is 5.84. The van der Waals surface area contributed by atoms with E-state index >= 15 is 0 Å². The summed E-state index contributed by atoms with van der Waals surface area (Å²) in [5, 5.41) is 0. The summed E-state index contributed by atoms with van der Waals surface area (Å²) >= 11 is 0. The number of carbonyl (C=O) groups excluding carboxylic acids is 1. The molecule has 3 rings (SSSR count).